The first-order chi connectivity index (χ1) is 10.9. The monoisotopic (exact) mass is 326 g/mol. The molecule has 1 aliphatic rings. The average molecular weight is 327 g/mol. The normalized spacial score (nSPS) is 19.9. The minimum atomic E-state index is 0.200. The van der Waals surface area contributed by atoms with E-state index in [1.165, 1.54) is 11.3 Å². The Morgan fingerprint density at radius 2 is 1.87 bits per heavy atom. The molecule has 0 spiro atoms. The van der Waals surface area contributed by atoms with Crippen molar-refractivity contribution in [1.82, 2.24) is 0 Å². The van der Waals surface area contributed by atoms with Gasteiger partial charge < -0.3 is 4.90 Å². The fourth-order valence-corrected chi connectivity index (χ4v) is 3.48. The molecule has 2 aromatic carbocycles. The zero-order valence-corrected chi connectivity index (χ0v) is 14.9. The number of nitrogens with zero attached hydrogens (tertiary/aromatic N) is 2. The third kappa shape index (κ3) is 3.28. The Balaban J connectivity index is 1.89. The zero-order chi connectivity index (χ0) is 16.6. The van der Waals surface area contributed by atoms with Crippen molar-refractivity contribution in [3.05, 3.63) is 58.6 Å². The predicted molar refractivity (Wildman–Crippen MR) is 101 cm³/mol. The summed E-state index contributed by atoms with van der Waals surface area (Å²) in [6, 6.07) is 14.2. The molecule has 2 nitrogen and oxygen atoms in total. The summed E-state index contributed by atoms with van der Waals surface area (Å²) in [5.74, 6) is 0.556. The second-order valence-corrected chi connectivity index (χ2v) is 7.47. The zero-order valence-electron chi connectivity index (χ0n) is 14.2. The highest BCUT2D eigenvalue weighted by molar-refractivity contribution is 6.30. The molecule has 3 rings (SSSR count). The first-order valence-corrected chi connectivity index (χ1v) is 8.42. The van der Waals surface area contributed by atoms with E-state index >= 15 is 0 Å². The number of hydrogen-bond acceptors (Lipinski definition) is 2. The molecule has 3 heteroatoms. The molecule has 1 atom stereocenters. The van der Waals surface area contributed by atoms with Gasteiger partial charge in [-0.1, -0.05) is 24.6 Å². The lowest BCUT2D eigenvalue weighted by Crippen LogP contribution is -2.45. The van der Waals surface area contributed by atoms with Crippen molar-refractivity contribution in [3.63, 3.8) is 0 Å². The van der Waals surface area contributed by atoms with E-state index in [1.807, 2.05) is 30.5 Å². The van der Waals surface area contributed by atoms with Crippen LogP contribution in [0.2, 0.25) is 5.02 Å². The van der Waals surface area contributed by atoms with Crippen molar-refractivity contribution in [2.45, 2.75) is 38.6 Å². The van der Waals surface area contributed by atoms with Gasteiger partial charge in [0.1, 0.15) is 0 Å². The van der Waals surface area contributed by atoms with Gasteiger partial charge in [-0.05, 0) is 73.7 Å². The van der Waals surface area contributed by atoms with Crippen LogP contribution in [0.3, 0.4) is 0 Å². The van der Waals surface area contributed by atoms with Crippen LogP contribution < -0.4 is 4.90 Å². The van der Waals surface area contributed by atoms with E-state index in [0.717, 1.165) is 22.7 Å². The van der Waals surface area contributed by atoms with Crippen LogP contribution in [-0.4, -0.2) is 18.8 Å². The lowest BCUT2D eigenvalue weighted by molar-refractivity contribution is 0.395. The maximum Gasteiger partial charge on any atom is 0.0630 e. The number of aliphatic imine (C=N–C) groups is 1. The van der Waals surface area contributed by atoms with E-state index in [-0.39, 0.29) is 5.54 Å². The van der Waals surface area contributed by atoms with Crippen molar-refractivity contribution >= 4 is 29.2 Å². The molecule has 0 aromatic heterocycles. The molecule has 0 saturated carbocycles. The van der Waals surface area contributed by atoms with Gasteiger partial charge in [0.15, 0.2) is 0 Å². The maximum absolute atomic E-state index is 5.90. The van der Waals surface area contributed by atoms with Crippen molar-refractivity contribution in [1.29, 1.82) is 0 Å². The molecular formula is C20H23ClN2. The van der Waals surface area contributed by atoms with Crippen LogP contribution >= 0.6 is 11.6 Å². The Morgan fingerprint density at radius 3 is 2.57 bits per heavy atom. The number of anilines is 1. The maximum atomic E-state index is 5.90. The van der Waals surface area contributed by atoms with Gasteiger partial charge in [-0.3, -0.25) is 4.99 Å². The summed E-state index contributed by atoms with van der Waals surface area (Å²) >= 11 is 5.90. The topological polar surface area (TPSA) is 15.6 Å². The van der Waals surface area contributed by atoms with Crippen LogP contribution in [0.5, 0.6) is 0 Å². The highest BCUT2D eigenvalue weighted by atomic mass is 35.5. The number of hydrogen-bond donors (Lipinski definition) is 0. The minimum Gasteiger partial charge on any atom is -0.369 e. The molecule has 120 valence electrons. The summed E-state index contributed by atoms with van der Waals surface area (Å²) in [5, 5.41) is 0.734. The minimum absolute atomic E-state index is 0.200. The Hall–Kier alpha value is -1.80. The molecule has 0 N–H and O–H groups in total. The highest BCUT2D eigenvalue weighted by Crippen LogP contribution is 2.42. The van der Waals surface area contributed by atoms with Gasteiger partial charge in [-0.25, -0.2) is 0 Å². The van der Waals surface area contributed by atoms with E-state index in [1.54, 1.807) is 0 Å². The van der Waals surface area contributed by atoms with Crippen LogP contribution in [0.4, 0.5) is 11.4 Å². The van der Waals surface area contributed by atoms with E-state index in [4.69, 9.17) is 11.6 Å². The van der Waals surface area contributed by atoms with Crippen molar-refractivity contribution < 1.29 is 0 Å². The third-order valence-corrected chi connectivity index (χ3v) is 5.10. The molecule has 1 aliphatic heterocycles. The number of fused-ring (bicyclic) bond motifs is 1. The largest absolute Gasteiger partial charge is 0.369 e. The lowest BCUT2D eigenvalue weighted by atomic mass is 9.80. The van der Waals surface area contributed by atoms with Crippen molar-refractivity contribution in [3.8, 4) is 0 Å². The van der Waals surface area contributed by atoms with Crippen molar-refractivity contribution in [2.24, 2.45) is 4.99 Å². The lowest BCUT2D eigenvalue weighted by Gasteiger charge is -2.45. The van der Waals surface area contributed by atoms with Gasteiger partial charge in [0.05, 0.1) is 5.69 Å². The SMILES string of the molecule is C[C@@H]1CC(C)(C)N(C)c2ccc(C=Nc3ccc(Cl)cc3)cc21. The molecule has 23 heavy (non-hydrogen) atoms. The smallest absolute Gasteiger partial charge is 0.0630 e. The summed E-state index contributed by atoms with van der Waals surface area (Å²) in [6.07, 6.45) is 3.09. The average Bonchev–Trinajstić information content (AvgIpc) is 2.52. The Labute approximate surface area is 143 Å². The Bertz CT molecular complexity index is 732. The van der Waals surface area contributed by atoms with Gasteiger partial charge in [0, 0.05) is 29.5 Å². The van der Waals surface area contributed by atoms with Gasteiger partial charge in [-0.2, -0.15) is 0 Å². The van der Waals surface area contributed by atoms with E-state index in [0.29, 0.717) is 5.92 Å². The number of halogens is 1. The van der Waals surface area contributed by atoms with Gasteiger partial charge >= 0.3 is 0 Å². The first-order valence-electron chi connectivity index (χ1n) is 8.04. The molecule has 0 bridgehead atoms. The third-order valence-electron chi connectivity index (χ3n) is 4.85. The summed E-state index contributed by atoms with van der Waals surface area (Å²) in [4.78, 5) is 6.93. The van der Waals surface area contributed by atoms with Crippen LogP contribution in [0.1, 0.15) is 44.2 Å². The molecule has 2 aromatic rings. The molecule has 0 amide bonds. The first kappa shape index (κ1) is 16.1. The van der Waals surface area contributed by atoms with Crippen molar-refractivity contribution in [2.75, 3.05) is 11.9 Å². The molecule has 0 saturated heterocycles. The Morgan fingerprint density at radius 1 is 1.17 bits per heavy atom. The van der Waals surface area contributed by atoms with E-state index in [9.17, 15) is 0 Å². The van der Waals surface area contributed by atoms with Crippen LogP contribution in [-0.2, 0) is 0 Å². The van der Waals surface area contributed by atoms with E-state index < -0.39 is 0 Å². The molecular weight excluding hydrogens is 304 g/mol. The second kappa shape index (κ2) is 6.01. The highest BCUT2D eigenvalue weighted by Gasteiger charge is 2.33. The van der Waals surface area contributed by atoms with Crippen LogP contribution in [0.15, 0.2) is 47.5 Å². The molecule has 0 aliphatic carbocycles. The molecule has 0 radical (unpaired) electrons. The molecule has 0 fully saturated rings. The Kier molecular flexibility index (Phi) is 4.20. The fraction of sp³-hybridized carbons (Fsp3) is 0.350. The summed E-state index contributed by atoms with van der Waals surface area (Å²) in [6.45, 7) is 6.93. The summed E-state index contributed by atoms with van der Waals surface area (Å²) in [7, 11) is 2.19. The summed E-state index contributed by atoms with van der Waals surface area (Å²) < 4.78 is 0. The summed E-state index contributed by atoms with van der Waals surface area (Å²) in [5.41, 5.74) is 4.99. The molecule has 0 unspecified atom stereocenters. The molecule has 1 heterocycles. The van der Waals surface area contributed by atoms with E-state index in [2.05, 4.69) is 55.9 Å². The standard InChI is InChI=1S/C20H23ClN2/c1-14-12-20(2,3)23(4)19-10-5-15(11-18(14)19)13-22-17-8-6-16(21)7-9-17/h5-11,13-14H,12H2,1-4H3/t14-/m1/s1. The van der Waals surface area contributed by atoms with Crippen LogP contribution in [0.25, 0.3) is 0 Å². The predicted octanol–water partition coefficient (Wildman–Crippen LogP) is 5.81. The van der Waals surface area contributed by atoms with Gasteiger partial charge in [0.25, 0.3) is 0 Å². The van der Waals surface area contributed by atoms with Gasteiger partial charge in [0.2, 0.25) is 0 Å². The quantitative estimate of drug-likeness (QED) is 0.635. The number of benzene rings is 2. The van der Waals surface area contributed by atoms with Gasteiger partial charge in [-0.15, -0.1) is 0 Å². The van der Waals surface area contributed by atoms with Crippen LogP contribution in [0, 0.1) is 0 Å². The number of rotatable bonds is 2. The second-order valence-electron chi connectivity index (χ2n) is 7.03. The fourth-order valence-electron chi connectivity index (χ4n) is 3.35.